The molecule has 2 aromatic heterocycles. The van der Waals surface area contributed by atoms with E-state index >= 15 is 0 Å². The highest BCUT2D eigenvalue weighted by atomic mass is 32.1. The van der Waals surface area contributed by atoms with Gasteiger partial charge in [0.15, 0.2) is 6.04 Å². The van der Waals surface area contributed by atoms with Crippen LogP contribution in [-0.4, -0.2) is 15.7 Å². The minimum absolute atomic E-state index is 0.293. The molecule has 2 rings (SSSR count). The highest BCUT2D eigenvalue weighted by Gasteiger charge is 2.18. The van der Waals surface area contributed by atoms with Crippen LogP contribution in [0.15, 0.2) is 23.6 Å². The number of nitrogens with zero attached hydrogens (tertiary/aromatic N) is 3. The molecule has 92 valence electrons. The molecule has 0 aromatic carbocycles. The first-order valence-electron chi connectivity index (χ1n) is 5.36. The number of nitriles is 1. The third kappa shape index (κ3) is 2.41. The number of rotatable bonds is 3. The van der Waals surface area contributed by atoms with Crippen molar-refractivity contribution >= 4 is 17.2 Å². The van der Waals surface area contributed by atoms with Gasteiger partial charge >= 0.3 is 0 Å². The van der Waals surface area contributed by atoms with E-state index in [1.54, 1.807) is 13.1 Å². The zero-order valence-electron chi connectivity index (χ0n) is 10.0. The molecule has 1 atom stereocenters. The summed E-state index contributed by atoms with van der Waals surface area (Å²) in [5, 5.41) is 17.8. The van der Waals surface area contributed by atoms with Crippen molar-refractivity contribution in [3.05, 3.63) is 39.8 Å². The van der Waals surface area contributed by atoms with Gasteiger partial charge in [0, 0.05) is 11.9 Å². The van der Waals surface area contributed by atoms with Crippen molar-refractivity contribution < 1.29 is 4.79 Å². The molecule has 0 aliphatic carbocycles. The van der Waals surface area contributed by atoms with Gasteiger partial charge in [0.2, 0.25) is 0 Å². The van der Waals surface area contributed by atoms with E-state index in [1.807, 2.05) is 24.4 Å². The number of aromatic nitrogens is 2. The van der Waals surface area contributed by atoms with E-state index in [9.17, 15) is 4.79 Å². The maximum absolute atomic E-state index is 12.0. The molecule has 2 aromatic rings. The fourth-order valence-electron chi connectivity index (χ4n) is 1.65. The Bertz CT molecular complexity index is 594. The average molecular weight is 260 g/mol. The zero-order valence-corrected chi connectivity index (χ0v) is 10.9. The number of amides is 1. The molecule has 0 fully saturated rings. The van der Waals surface area contributed by atoms with Crippen molar-refractivity contribution in [3.63, 3.8) is 0 Å². The lowest BCUT2D eigenvalue weighted by atomic mass is 10.2. The Balaban J connectivity index is 2.16. The number of hydrogen-bond donors (Lipinski definition) is 1. The van der Waals surface area contributed by atoms with E-state index in [2.05, 4.69) is 16.5 Å². The van der Waals surface area contributed by atoms with Gasteiger partial charge < -0.3 is 5.32 Å². The summed E-state index contributed by atoms with van der Waals surface area (Å²) in [4.78, 5) is 12.8. The van der Waals surface area contributed by atoms with Gasteiger partial charge in [-0.3, -0.25) is 9.48 Å². The molecule has 0 aliphatic heterocycles. The van der Waals surface area contributed by atoms with E-state index in [0.717, 1.165) is 10.6 Å². The van der Waals surface area contributed by atoms with Crippen molar-refractivity contribution in [1.82, 2.24) is 15.1 Å². The second-order valence-corrected chi connectivity index (χ2v) is 4.82. The molecular formula is C12H12N4OS. The lowest BCUT2D eigenvalue weighted by Gasteiger charge is -2.09. The van der Waals surface area contributed by atoms with Crippen LogP contribution < -0.4 is 5.32 Å². The number of aryl methyl sites for hydroxylation is 2. The quantitative estimate of drug-likeness (QED) is 0.914. The molecule has 18 heavy (non-hydrogen) atoms. The normalized spacial score (nSPS) is 11.8. The van der Waals surface area contributed by atoms with Gasteiger partial charge in [0.1, 0.15) is 5.69 Å². The summed E-state index contributed by atoms with van der Waals surface area (Å²) < 4.78 is 1.51. The minimum Gasteiger partial charge on any atom is -0.331 e. The van der Waals surface area contributed by atoms with Crippen molar-refractivity contribution in [3.8, 4) is 6.07 Å². The van der Waals surface area contributed by atoms with Crippen molar-refractivity contribution in [2.45, 2.75) is 13.0 Å². The third-order valence-electron chi connectivity index (χ3n) is 2.47. The zero-order chi connectivity index (χ0) is 13.1. The SMILES string of the molecule is Cc1cc(C(=O)NC(C#N)c2cccs2)n(C)n1. The van der Waals surface area contributed by atoms with Gasteiger partial charge in [-0.1, -0.05) is 6.07 Å². The van der Waals surface area contributed by atoms with Gasteiger partial charge in [-0.15, -0.1) is 11.3 Å². The molecule has 0 radical (unpaired) electrons. The maximum atomic E-state index is 12.0. The smallest absolute Gasteiger partial charge is 0.270 e. The molecule has 0 spiro atoms. The fraction of sp³-hybridized carbons (Fsp3) is 0.250. The maximum Gasteiger partial charge on any atom is 0.270 e. The number of thiophene rings is 1. The van der Waals surface area contributed by atoms with Crippen LogP contribution in [0.2, 0.25) is 0 Å². The van der Waals surface area contributed by atoms with Crippen LogP contribution in [0.25, 0.3) is 0 Å². The number of nitrogens with one attached hydrogen (secondary N) is 1. The predicted octanol–water partition coefficient (Wildman–Crippen LogP) is 1.78. The van der Waals surface area contributed by atoms with E-state index in [-0.39, 0.29) is 5.91 Å². The van der Waals surface area contributed by atoms with Crippen molar-refractivity contribution in [1.29, 1.82) is 5.26 Å². The Morgan fingerprint density at radius 1 is 1.67 bits per heavy atom. The molecule has 5 nitrogen and oxygen atoms in total. The Labute approximate surface area is 109 Å². The summed E-state index contributed by atoms with van der Waals surface area (Å²) in [6, 6.07) is 6.83. The van der Waals surface area contributed by atoms with Crippen LogP contribution in [0.3, 0.4) is 0 Å². The van der Waals surface area contributed by atoms with E-state index in [0.29, 0.717) is 5.69 Å². The molecule has 0 saturated carbocycles. The van der Waals surface area contributed by atoms with E-state index in [1.165, 1.54) is 16.0 Å². The first kappa shape index (κ1) is 12.3. The molecule has 1 amide bonds. The first-order chi connectivity index (χ1) is 8.61. The second kappa shape index (κ2) is 5.02. The van der Waals surface area contributed by atoms with Gasteiger partial charge in [-0.05, 0) is 24.4 Å². The van der Waals surface area contributed by atoms with E-state index in [4.69, 9.17) is 5.26 Å². The summed E-state index contributed by atoms with van der Waals surface area (Å²) in [6.07, 6.45) is 0. The number of carbonyl (C=O) groups excluding carboxylic acids is 1. The van der Waals surface area contributed by atoms with Crippen LogP contribution in [0, 0.1) is 18.3 Å². The highest BCUT2D eigenvalue weighted by molar-refractivity contribution is 7.10. The summed E-state index contributed by atoms with van der Waals surface area (Å²) in [7, 11) is 1.70. The number of carbonyl (C=O) groups is 1. The van der Waals surface area contributed by atoms with Gasteiger partial charge in [0.05, 0.1) is 11.8 Å². The molecule has 6 heteroatoms. The monoisotopic (exact) mass is 260 g/mol. The lowest BCUT2D eigenvalue weighted by Crippen LogP contribution is -2.28. The molecular weight excluding hydrogens is 248 g/mol. The summed E-state index contributed by atoms with van der Waals surface area (Å²) >= 11 is 1.44. The highest BCUT2D eigenvalue weighted by Crippen LogP contribution is 2.18. The van der Waals surface area contributed by atoms with Crippen LogP contribution in [0.5, 0.6) is 0 Å². The molecule has 2 heterocycles. The second-order valence-electron chi connectivity index (χ2n) is 3.85. The van der Waals surface area contributed by atoms with Gasteiger partial charge in [0.25, 0.3) is 5.91 Å². The standard InChI is InChI=1S/C12H12N4OS/c1-8-6-10(16(2)15-8)12(17)14-9(7-13)11-4-3-5-18-11/h3-6,9H,1-2H3,(H,14,17). The van der Waals surface area contributed by atoms with Gasteiger partial charge in [-0.25, -0.2) is 0 Å². The first-order valence-corrected chi connectivity index (χ1v) is 6.24. The topological polar surface area (TPSA) is 70.7 Å². The van der Waals surface area contributed by atoms with Crippen LogP contribution in [0.4, 0.5) is 0 Å². The Hall–Kier alpha value is -2.13. The number of hydrogen-bond acceptors (Lipinski definition) is 4. The third-order valence-corrected chi connectivity index (χ3v) is 3.40. The Morgan fingerprint density at radius 3 is 2.94 bits per heavy atom. The Morgan fingerprint density at radius 2 is 2.44 bits per heavy atom. The van der Waals surface area contributed by atoms with Crippen LogP contribution in [-0.2, 0) is 7.05 Å². The summed E-state index contributed by atoms with van der Waals surface area (Å²) in [6.45, 7) is 1.82. The molecule has 0 aliphatic rings. The molecule has 0 bridgehead atoms. The lowest BCUT2D eigenvalue weighted by molar-refractivity contribution is 0.0936. The van der Waals surface area contributed by atoms with Crippen molar-refractivity contribution in [2.75, 3.05) is 0 Å². The van der Waals surface area contributed by atoms with E-state index < -0.39 is 6.04 Å². The fourth-order valence-corrected chi connectivity index (χ4v) is 2.37. The molecule has 1 N–H and O–H groups in total. The summed E-state index contributed by atoms with van der Waals surface area (Å²) in [5.74, 6) is -0.293. The molecule has 0 saturated heterocycles. The van der Waals surface area contributed by atoms with Crippen molar-refractivity contribution in [2.24, 2.45) is 7.05 Å². The van der Waals surface area contributed by atoms with Gasteiger partial charge in [-0.2, -0.15) is 10.4 Å². The summed E-state index contributed by atoms with van der Waals surface area (Å²) in [5.41, 5.74) is 1.22. The largest absolute Gasteiger partial charge is 0.331 e. The predicted molar refractivity (Wildman–Crippen MR) is 68.1 cm³/mol. The minimum atomic E-state index is -0.618. The van der Waals surface area contributed by atoms with Crippen LogP contribution in [0.1, 0.15) is 27.1 Å². The van der Waals surface area contributed by atoms with Crippen LogP contribution >= 0.6 is 11.3 Å². The molecule has 1 unspecified atom stereocenters. The average Bonchev–Trinajstić information content (AvgIpc) is 2.95. The Kier molecular flexibility index (Phi) is 3.44.